The number of phenolic OH excluding ortho intramolecular Hbond substituents is 1. The number of nitrogens with zero attached hydrogens (tertiary/aromatic N) is 1. The first kappa shape index (κ1) is 37.0. The van der Waals surface area contributed by atoms with Gasteiger partial charge in [0.2, 0.25) is 11.8 Å². The Labute approximate surface area is 289 Å². The molecule has 3 N–H and O–H groups in total. The van der Waals surface area contributed by atoms with Crippen molar-refractivity contribution in [2.24, 2.45) is 0 Å². The van der Waals surface area contributed by atoms with Crippen LogP contribution in [-0.4, -0.2) is 63.2 Å². The van der Waals surface area contributed by atoms with Crippen LogP contribution in [-0.2, 0) is 36.7 Å². The summed E-state index contributed by atoms with van der Waals surface area (Å²) in [6.45, 7) is 10.5. The molecule has 49 heavy (non-hydrogen) atoms. The third kappa shape index (κ3) is 11.1. The van der Waals surface area contributed by atoms with Crippen molar-refractivity contribution in [1.29, 1.82) is 0 Å². The molecule has 1 fully saturated rings. The standard InChI is InChI=1S/C39H49N3O7/c1-38(2,3)48-36(46)32(25-26-14-9-7-10-15-26)40-34(44)33(28-16-11-8-12-17-28)42(29-18-13-19-29)35(45)31(41-37(47)49-39(4,5)6)24-27-20-22-30(43)23-21-27/h7-12,14-17,20-23,29,31-33,43H,13,18-19,24-25H2,1-6H3,(H,40,44)(H,41,47). The highest BCUT2D eigenvalue weighted by molar-refractivity contribution is 5.94. The van der Waals surface area contributed by atoms with Crippen LogP contribution in [0.5, 0.6) is 5.75 Å². The van der Waals surface area contributed by atoms with Crippen LogP contribution in [0.1, 0.15) is 83.5 Å². The summed E-state index contributed by atoms with van der Waals surface area (Å²) in [6.07, 6.45) is 1.70. The number of benzene rings is 3. The monoisotopic (exact) mass is 671 g/mol. The summed E-state index contributed by atoms with van der Waals surface area (Å²) in [6, 6.07) is 21.1. The van der Waals surface area contributed by atoms with Gasteiger partial charge in [0.05, 0.1) is 0 Å². The lowest BCUT2D eigenvalue weighted by molar-refractivity contribution is -0.159. The normalized spacial score (nSPS) is 15.1. The molecule has 1 aliphatic carbocycles. The molecule has 0 aliphatic heterocycles. The lowest BCUT2D eigenvalue weighted by Crippen LogP contribution is -2.59. The second-order valence-corrected chi connectivity index (χ2v) is 14.5. The van der Waals surface area contributed by atoms with Gasteiger partial charge < -0.3 is 30.1 Å². The van der Waals surface area contributed by atoms with Crippen LogP contribution < -0.4 is 10.6 Å². The quantitative estimate of drug-likeness (QED) is 0.201. The Morgan fingerprint density at radius 2 is 1.27 bits per heavy atom. The van der Waals surface area contributed by atoms with Crippen molar-refractivity contribution in [3.63, 3.8) is 0 Å². The van der Waals surface area contributed by atoms with Crippen molar-refractivity contribution in [1.82, 2.24) is 15.5 Å². The lowest BCUT2D eigenvalue weighted by atomic mass is 9.87. The summed E-state index contributed by atoms with van der Waals surface area (Å²) < 4.78 is 11.3. The molecule has 3 unspecified atom stereocenters. The summed E-state index contributed by atoms with van der Waals surface area (Å²) >= 11 is 0. The molecule has 0 radical (unpaired) electrons. The van der Waals surface area contributed by atoms with Gasteiger partial charge in [0.25, 0.3) is 0 Å². The number of rotatable bonds is 12. The van der Waals surface area contributed by atoms with Crippen molar-refractivity contribution < 1.29 is 33.8 Å². The van der Waals surface area contributed by atoms with E-state index in [4.69, 9.17) is 9.47 Å². The molecule has 4 rings (SSSR count). The number of nitrogens with one attached hydrogen (secondary N) is 2. The minimum atomic E-state index is -1.12. The number of hydrogen-bond donors (Lipinski definition) is 3. The minimum Gasteiger partial charge on any atom is -0.508 e. The van der Waals surface area contributed by atoms with Crippen LogP contribution in [0.15, 0.2) is 84.9 Å². The summed E-state index contributed by atoms with van der Waals surface area (Å²) in [5.74, 6) is -1.53. The van der Waals surface area contributed by atoms with E-state index in [2.05, 4.69) is 10.6 Å². The van der Waals surface area contributed by atoms with Gasteiger partial charge >= 0.3 is 12.1 Å². The average Bonchev–Trinajstić information content (AvgIpc) is 2.99. The van der Waals surface area contributed by atoms with Crippen molar-refractivity contribution in [3.8, 4) is 5.75 Å². The van der Waals surface area contributed by atoms with E-state index in [0.29, 0.717) is 24.0 Å². The van der Waals surface area contributed by atoms with E-state index in [1.54, 1.807) is 82.8 Å². The van der Waals surface area contributed by atoms with Gasteiger partial charge in [-0.15, -0.1) is 0 Å². The Balaban J connectivity index is 1.74. The van der Waals surface area contributed by atoms with Crippen LogP contribution in [0.2, 0.25) is 0 Å². The molecular weight excluding hydrogens is 622 g/mol. The average molecular weight is 672 g/mol. The molecule has 0 aromatic heterocycles. The summed E-state index contributed by atoms with van der Waals surface area (Å²) in [7, 11) is 0. The van der Waals surface area contributed by atoms with Crippen molar-refractivity contribution >= 4 is 23.9 Å². The molecule has 0 spiro atoms. The second kappa shape index (κ2) is 16.0. The smallest absolute Gasteiger partial charge is 0.408 e. The maximum Gasteiger partial charge on any atom is 0.408 e. The zero-order chi connectivity index (χ0) is 35.8. The molecule has 0 heterocycles. The zero-order valence-electron chi connectivity index (χ0n) is 29.3. The predicted octanol–water partition coefficient (Wildman–Crippen LogP) is 6.02. The minimum absolute atomic E-state index is 0.0682. The number of aromatic hydroxyl groups is 1. The molecule has 3 amide bonds. The molecule has 3 aromatic rings. The molecule has 10 nitrogen and oxygen atoms in total. The Kier molecular flexibility index (Phi) is 12.1. The number of hydrogen-bond acceptors (Lipinski definition) is 7. The van der Waals surface area contributed by atoms with Crippen molar-refractivity contribution in [2.45, 2.75) is 109 Å². The number of esters is 1. The molecule has 262 valence electrons. The first-order chi connectivity index (χ1) is 23.1. The van der Waals surface area contributed by atoms with Gasteiger partial charge in [-0.2, -0.15) is 0 Å². The topological polar surface area (TPSA) is 134 Å². The molecule has 3 aromatic carbocycles. The molecule has 3 atom stereocenters. The van der Waals surface area contributed by atoms with Gasteiger partial charge in [-0.25, -0.2) is 9.59 Å². The summed E-state index contributed by atoms with van der Waals surface area (Å²) in [4.78, 5) is 57.6. The number of carbonyl (C=O) groups excluding carboxylic acids is 4. The zero-order valence-corrected chi connectivity index (χ0v) is 29.3. The highest BCUT2D eigenvalue weighted by Gasteiger charge is 2.43. The van der Waals surface area contributed by atoms with E-state index in [0.717, 1.165) is 12.0 Å². The van der Waals surface area contributed by atoms with Gasteiger partial charge in [0, 0.05) is 18.9 Å². The van der Waals surface area contributed by atoms with E-state index < -0.39 is 53.2 Å². The number of alkyl carbamates (subject to hydrolysis) is 1. The maximum atomic E-state index is 14.8. The lowest BCUT2D eigenvalue weighted by Gasteiger charge is -2.44. The number of ether oxygens (including phenoxy) is 2. The SMILES string of the molecule is CC(C)(C)OC(=O)NC(Cc1ccc(O)cc1)C(=O)N(C1CCC1)C(C(=O)NC(Cc1ccccc1)C(=O)OC(C)(C)C)c1ccccc1. The Morgan fingerprint density at radius 1 is 0.735 bits per heavy atom. The molecule has 0 saturated heterocycles. The predicted molar refractivity (Wildman–Crippen MR) is 187 cm³/mol. The fourth-order valence-corrected chi connectivity index (χ4v) is 5.62. The third-order valence-electron chi connectivity index (χ3n) is 8.02. The van der Waals surface area contributed by atoms with Crippen LogP contribution >= 0.6 is 0 Å². The van der Waals surface area contributed by atoms with E-state index in [9.17, 15) is 24.3 Å². The molecular formula is C39H49N3O7. The number of phenols is 1. The summed E-state index contributed by atoms with van der Waals surface area (Å²) in [5.41, 5.74) is 0.472. The van der Waals surface area contributed by atoms with Crippen molar-refractivity contribution in [2.75, 3.05) is 0 Å². The van der Waals surface area contributed by atoms with E-state index in [1.807, 2.05) is 36.4 Å². The van der Waals surface area contributed by atoms with Crippen LogP contribution in [0.3, 0.4) is 0 Å². The highest BCUT2D eigenvalue weighted by atomic mass is 16.6. The van der Waals surface area contributed by atoms with E-state index in [-0.39, 0.29) is 24.6 Å². The Hall–Kier alpha value is -4.86. The molecule has 1 saturated carbocycles. The van der Waals surface area contributed by atoms with Crippen LogP contribution in [0, 0.1) is 0 Å². The second-order valence-electron chi connectivity index (χ2n) is 14.5. The van der Waals surface area contributed by atoms with Crippen molar-refractivity contribution in [3.05, 3.63) is 102 Å². The maximum absolute atomic E-state index is 14.8. The van der Waals surface area contributed by atoms with Gasteiger partial charge in [0.15, 0.2) is 0 Å². The van der Waals surface area contributed by atoms with Crippen LogP contribution in [0.25, 0.3) is 0 Å². The highest BCUT2D eigenvalue weighted by Crippen LogP contribution is 2.34. The first-order valence-electron chi connectivity index (χ1n) is 16.8. The molecule has 10 heteroatoms. The Morgan fingerprint density at radius 3 is 1.80 bits per heavy atom. The fourth-order valence-electron chi connectivity index (χ4n) is 5.62. The van der Waals surface area contributed by atoms with Crippen LogP contribution in [0.4, 0.5) is 4.79 Å². The largest absolute Gasteiger partial charge is 0.508 e. The number of carbonyl (C=O) groups is 4. The number of amides is 3. The summed E-state index contributed by atoms with van der Waals surface area (Å²) in [5, 5.41) is 15.6. The van der Waals surface area contributed by atoms with Gasteiger partial charge in [-0.05, 0) is 89.6 Å². The third-order valence-corrected chi connectivity index (χ3v) is 8.02. The van der Waals surface area contributed by atoms with Gasteiger partial charge in [-0.3, -0.25) is 9.59 Å². The van der Waals surface area contributed by atoms with Gasteiger partial charge in [-0.1, -0.05) is 72.8 Å². The Bertz CT molecular complexity index is 1560. The van der Waals surface area contributed by atoms with Gasteiger partial charge in [0.1, 0.15) is 35.1 Å². The van der Waals surface area contributed by atoms with E-state index in [1.165, 1.54) is 12.1 Å². The molecule has 1 aliphatic rings. The molecule has 0 bridgehead atoms. The van der Waals surface area contributed by atoms with E-state index >= 15 is 0 Å². The first-order valence-corrected chi connectivity index (χ1v) is 16.8. The fraction of sp³-hybridized carbons (Fsp3) is 0.436.